The van der Waals surface area contributed by atoms with Crippen LogP contribution in [0.5, 0.6) is 0 Å². The van der Waals surface area contributed by atoms with Crippen LogP contribution in [0.2, 0.25) is 0 Å². The smallest absolute Gasteiger partial charge is 0.345 e. The summed E-state index contributed by atoms with van der Waals surface area (Å²) in [7, 11) is 0. The van der Waals surface area contributed by atoms with Gasteiger partial charge in [0.05, 0.1) is 5.56 Å². The van der Waals surface area contributed by atoms with Gasteiger partial charge in [-0.3, -0.25) is 4.79 Å². The molecule has 0 spiro atoms. The van der Waals surface area contributed by atoms with Crippen molar-refractivity contribution in [1.29, 1.82) is 0 Å². The third-order valence-corrected chi connectivity index (χ3v) is 2.19. The maximum absolute atomic E-state index is 11.6. The van der Waals surface area contributed by atoms with Gasteiger partial charge in [0, 0.05) is 6.07 Å². The van der Waals surface area contributed by atoms with E-state index in [-0.39, 0.29) is 11.3 Å². The van der Waals surface area contributed by atoms with Gasteiger partial charge >= 0.3 is 5.97 Å². The van der Waals surface area contributed by atoms with E-state index in [1.165, 1.54) is 12.1 Å². The molecule has 0 aliphatic carbocycles. The highest BCUT2D eigenvalue weighted by molar-refractivity contribution is 6.25. The first-order chi connectivity index (χ1) is 7.11. The fraction of sp³-hybridized carbons (Fsp3) is 0. The summed E-state index contributed by atoms with van der Waals surface area (Å²) in [5, 5.41) is 19.7. The lowest BCUT2D eigenvalue weighted by Crippen LogP contribution is -2.98. The second kappa shape index (κ2) is 3.30. The number of carbonyl (C=O) groups is 2. The van der Waals surface area contributed by atoms with E-state index in [9.17, 15) is 14.8 Å². The van der Waals surface area contributed by atoms with Crippen molar-refractivity contribution >= 4 is 17.4 Å². The molecule has 0 amide bonds. The molecule has 0 saturated carbocycles. The highest BCUT2D eigenvalue weighted by Gasteiger charge is 2.29. The van der Waals surface area contributed by atoms with Gasteiger partial charge in [-0.05, 0) is 6.07 Å². The summed E-state index contributed by atoms with van der Waals surface area (Å²) in [4.78, 5) is 22.3. The number of Topliss-reactive ketones (excluding diaryl/α,β-unsaturated/α-hetero) is 1. The first-order valence-corrected chi connectivity index (χ1v) is 4.24. The second-order valence-electron chi connectivity index (χ2n) is 3.10. The van der Waals surface area contributed by atoms with E-state index in [1.54, 1.807) is 12.1 Å². The Labute approximate surface area is 84.8 Å². The minimum Gasteiger partial charge on any atom is -0.624 e. The minimum absolute atomic E-state index is 0.155. The van der Waals surface area contributed by atoms with Crippen LogP contribution in [0.1, 0.15) is 10.4 Å². The largest absolute Gasteiger partial charge is 0.624 e. The van der Waals surface area contributed by atoms with Crippen molar-refractivity contribution in [3.05, 3.63) is 46.8 Å². The zero-order valence-corrected chi connectivity index (χ0v) is 7.56. The van der Waals surface area contributed by atoms with Crippen molar-refractivity contribution < 1.29 is 19.8 Å². The molecule has 1 aromatic carbocycles. The fourth-order valence-electron chi connectivity index (χ4n) is 1.47. The quantitative estimate of drug-likeness (QED) is 0.494. The van der Waals surface area contributed by atoms with E-state index >= 15 is 0 Å². The number of hydroxylamine groups is 1. The van der Waals surface area contributed by atoms with Crippen LogP contribution in [-0.4, -0.2) is 16.9 Å². The molecule has 5 heteroatoms. The summed E-state index contributed by atoms with van der Waals surface area (Å²) >= 11 is 0. The van der Waals surface area contributed by atoms with Crippen molar-refractivity contribution in [2.24, 2.45) is 0 Å². The Bertz CT molecular complexity index is 478. The van der Waals surface area contributed by atoms with E-state index in [0.29, 0.717) is 0 Å². The van der Waals surface area contributed by atoms with Crippen LogP contribution >= 0.6 is 0 Å². The van der Waals surface area contributed by atoms with Crippen molar-refractivity contribution in [3.63, 3.8) is 0 Å². The van der Waals surface area contributed by atoms with Crippen molar-refractivity contribution in [2.75, 3.05) is 0 Å². The van der Waals surface area contributed by atoms with Gasteiger partial charge in [-0.1, -0.05) is 12.1 Å². The molecule has 1 aromatic rings. The molecule has 1 heterocycles. The number of quaternary nitrogens is 1. The third kappa shape index (κ3) is 1.43. The Balaban J connectivity index is 2.58. The number of fused-ring (bicyclic) bond motifs is 1. The van der Waals surface area contributed by atoms with Gasteiger partial charge in [0.2, 0.25) is 5.78 Å². The van der Waals surface area contributed by atoms with Crippen LogP contribution in [0.15, 0.2) is 36.0 Å². The molecular weight excluding hydrogens is 198 g/mol. The molecule has 15 heavy (non-hydrogen) atoms. The number of hydrogen-bond donors (Lipinski definition) is 2. The molecule has 0 radical (unpaired) electrons. The predicted octanol–water partition coefficient (Wildman–Crippen LogP) is -0.134. The van der Waals surface area contributed by atoms with E-state index in [2.05, 4.69) is 0 Å². The monoisotopic (exact) mass is 205 g/mol. The average molecular weight is 205 g/mol. The molecule has 0 bridgehead atoms. The molecule has 0 fully saturated rings. The molecule has 2 rings (SSSR count). The number of nitrogens with one attached hydrogen (secondary N) is 1. The van der Waals surface area contributed by atoms with Gasteiger partial charge in [0.15, 0.2) is 5.57 Å². The number of hydrogen-bond acceptors (Lipinski definition) is 3. The van der Waals surface area contributed by atoms with Crippen molar-refractivity contribution in [3.8, 4) is 0 Å². The Kier molecular flexibility index (Phi) is 2.11. The molecule has 0 saturated heterocycles. The summed E-state index contributed by atoms with van der Waals surface area (Å²) in [6, 6.07) is 6.18. The second-order valence-corrected chi connectivity index (χ2v) is 3.10. The number of rotatable bonds is 1. The van der Waals surface area contributed by atoms with Crippen molar-refractivity contribution in [1.82, 2.24) is 0 Å². The number of carboxylic acids is 1. The first-order valence-electron chi connectivity index (χ1n) is 4.24. The van der Waals surface area contributed by atoms with Crippen molar-refractivity contribution in [2.45, 2.75) is 0 Å². The summed E-state index contributed by atoms with van der Waals surface area (Å²) in [6.45, 7) is 0. The van der Waals surface area contributed by atoms with Gasteiger partial charge in [-0.15, -0.1) is 0 Å². The van der Waals surface area contributed by atoms with Gasteiger partial charge in [-0.25, -0.2) is 4.79 Å². The highest BCUT2D eigenvalue weighted by Crippen LogP contribution is 2.18. The van der Waals surface area contributed by atoms with E-state index in [1.807, 2.05) is 0 Å². The maximum Gasteiger partial charge on any atom is 0.345 e. The number of benzene rings is 1. The van der Waals surface area contributed by atoms with Gasteiger partial charge < -0.3 is 15.4 Å². The van der Waals surface area contributed by atoms with E-state index < -0.39 is 22.4 Å². The zero-order chi connectivity index (χ0) is 11.0. The number of para-hydroxylation sites is 1. The van der Waals surface area contributed by atoms with Gasteiger partial charge in [0.1, 0.15) is 11.9 Å². The molecule has 76 valence electrons. The lowest BCUT2D eigenvalue weighted by molar-refractivity contribution is -0.715. The number of ketones is 1. The van der Waals surface area contributed by atoms with E-state index in [0.717, 1.165) is 6.20 Å². The Morgan fingerprint density at radius 3 is 2.67 bits per heavy atom. The number of carbonyl (C=O) groups excluding carboxylic acids is 1. The minimum atomic E-state index is -1.37. The lowest BCUT2D eigenvalue weighted by atomic mass is 9.99. The Morgan fingerprint density at radius 1 is 1.33 bits per heavy atom. The number of aliphatic carboxylic acids is 1. The standard InChI is InChI=1S/C10H7NO4/c12-9-6-3-1-2-4-8(6)11(15)5-7(9)10(13)14/h1-5,11H,(H,13,14). The highest BCUT2D eigenvalue weighted by atomic mass is 16.5. The Morgan fingerprint density at radius 2 is 2.00 bits per heavy atom. The van der Waals surface area contributed by atoms with Gasteiger partial charge in [-0.2, -0.15) is 0 Å². The molecule has 1 atom stereocenters. The molecule has 1 aliphatic rings. The first kappa shape index (κ1) is 9.57. The van der Waals surface area contributed by atoms with E-state index in [4.69, 9.17) is 5.11 Å². The maximum atomic E-state index is 11.6. The summed E-state index contributed by atoms with van der Waals surface area (Å²) < 4.78 is 0. The molecule has 0 aromatic heterocycles. The topological polar surface area (TPSA) is 81.9 Å². The van der Waals surface area contributed by atoms with Crippen LogP contribution in [0.25, 0.3) is 0 Å². The molecule has 2 N–H and O–H groups in total. The molecular formula is C10H7NO4. The fourth-order valence-corrected chi connectivity index (χ4v) is 1.47. The molecule has 5 nitrogen and oxygen atoms in total. The van der Waals surface area contributed by atoms with Crippen LogP contribution in [0.3, 0.4) is 0 Å². The third-order valence-electron chi connectivity index (χ3n) is 2.19. The summed E-state index contributed by atoms with van der Waals surface area (Å²) in [5.74, 6) is -1.99. The average Bonchev–Trinajstić information content (AvgIpc) is 2.23. The Hall–Kier alpha value is -1.98. The zero-order valence-electron chi connectivity index (χ0n) is 7.56. The predicted molar refractivity (Wildman–Crippen MR) is 50.5 cm³/mol. The summed E-state index contributed by atoms with van der Waals surface area (Å²) in [5.41, 5.74) is -0.0615. The SMILES string of the molecule is O=C(O)C1=C[NH+]([O-])c2ccccc2C1=O. The molecule has 1 unspecified atom stereocenters. The molecule has 1 aliphatic heterocycles. The van der Waals surface area contributed by atoms with Crippen LogP contribution in [0, 0.1) is 5.21 Å². The van der Waals surface area contributed by atoms with Crippen LogP contribution in [-0.2, 0) is 4.79 Å². The number of carboxylic acid groups (broad SMARTS) is 1. The van der Waals surface area contributed by atoms with Crippen LogP contribution < -0.4 is 5.06 Å². The lowest BCUT2D eigenvalue weighted by Gasteiger charge is -2.23. The normalized spacial score (nSPS) is 19.4. The van der Waals surface area contributed by atoms with Crippen LogP contribution in [0.4, 0.5) is 5.69 Å². The summed E-state index contributed by atoms with van der Waals surface area (Å²) in [6.07, 6.45) is 0.868. The van der Waals surface area contributed by atoms with Gasteiger partial charge in [0.25, 0.3) is 0 Å².